The van der Waals surface area contributed by atoms with E-state index >= 15 is 0 Å². The average molecular weight is 427 g/mol. The molecule has 4 rings (SSSR count). The van der Waals surface area contributed by atoms with Crippen LogP contribution in [-0.4, -0.2) is 22.9 Å². The number of amides is 2. The molecule has 2 aliphatic rings. The molecule has 2 amide bonds. The van der Waals surface area contributed by atoms with Crippen LogP contribution in [0.2, 0.25) is 0 Å². The van der Waals surface area contributed by atoms with Gasteiger partial charge in [-0.2, -0.15) is 0 Å². The largest absolute Gasteiger partial charge is 0.481 e. The molecule has 2 aliphatic carbocycles. The number of hydrogen-bond acceptors (Lipinski definition) is 4. The number of carboxylic acid groups (broad SMARTS) is 1. The van der Waals surface area contributed by atoms with Gasteiger partial charge in [0.05, 0.1) is 17.4 Å². The summed E-state index contributed by atoms with van der Waals surface area (Å²) in [5.41, 5.74) is 3.26. The molecule has 158 valence electrons. The van der Waals surface area contributed by atoms with Crippen molar-refractivity contribution in [3.05, 3.63) is 45.8 Å². The van der Waals surface area contributed by atoms with E-state index in [0.29, 0.717) is 23.4 Å². The molecule has 1 heterocycles. The van der Waals surface area contributed by atoms with E-state index in [0.717, 1.165) is 53.8 Å². The first-order chi connectivity index (χ1) is 14.5. The summed E-state index contributed by atoms with van der Waals surface area (Å²) in [6.45, 7) is 1.94. The molecule has 0 spiro atoms. The number of fused-ring (bicyclic) bond motifs is 1. The monoisotopic (exact) mass is 426 g/mol. The average Bonchev–Trinajstić information content (AvgIpc) is 3.30. The first-order valence-corrected chi connectivity index (χ1v) is 11.3. The number of thiophene rings is 1. The fourth-order valence-corrected chi connectivity index (χ4v) is 5.87. The molecule has 0 unspecified atom stereocenters. The zero-order valence-electron chi connectivity index (χ0n) is 17.0. The van der Waals surface area contributed by atoms with Crippen molar-refractivity contribution < 1.29 is 19.5 Å². The number of carboxylic acids is 1. The number of aryl methyl sites for hydroxylation is 2. The lowest BCUT2D eigenvalue weighted by atomic mass is 9.79. The third kappa shape index (κ3) is 3.99. The summed E-state index contributed by atoms with van der Waals surface area (Å²) in [5, 5.41) is 16.0. The third-order valence-corrected chi connectivity index (χ3v) is 7.41. The molecular formula is C23H26N2O4S. The molecule has 6 nitrogen and oxygen atoms in total. The van der Waals surface area contributed by atoms with Crippen LogP contribution in [0.5, 0.6) is 0 Å². The van der Waals surface area contributed by atoms with Crippen molar-refractivity contribution in [2.45, 2.75) is 51.9 Å². The van der Waals surface area contributed by atoms with E-state index in [1.54, 1.807) is 0 Å². The molecule has 0 saturated heterocycles. The number of anilines is 2. The number of benzene rings is 1. The topological polar surface area (TPSA) is 95.5 Å². The van der Waals surface area contributed by atoms with Gasteiger partial charge in [-0.3, -0.25) is 14.4 Å². The van der Waals surface area contributed by atoms with Gasteiger partial charge in [-0.15, -0.1) is 11.3 Å². The van der Waals surface area contributed by atoms with Crippen LogP contribution in [0, 0.1) is 18.8 Å². The Labute approximate surface area is 179 Å². The van der Waals surface area contributed by atoms with E-state index in [1.807, 2.05) is 31.2 Å². The van der Waals surface area contributed by atoms with Crippen LogP contribution >= 0.6 is 11.3 Å². The maximum atomic E-state index is 13.2. The van der Waals surface area contributed by atoms with Crippen LogP contribution < -0.4 is 10.6 Å². The van der Waals surface area contributed by atoms with Gasteiger partial charge in [-0.1, -0.05) is 31.0 Å². The highest BCUT2D eigenvalue weighted by Crippen LogP contribution is 2.40. The van der Waals surface area contributed by atoms with Gasteiger partial charge in [0, 0.05) is 10.6 Å². The fraction of sp³-hybridized carbons (Fsp3) is 0.435. The molecule has 30 heavy (non-hydrogen) atoms. The Kier molecular flexibility index (Phi) is 5.90. The van der Waals surface area contributed by atoms with Crippen molar-refractivity contribution in [2.75, 3.05) is 10.6 Å². The zero-order valence-corrected chi connectivity index (χ0v) is 17.8. The predicted octanol–water partition coefficient (Wildman–Crippen LogP) is 4.63. The van der Waals surface area contributed by atoms with Gasteiger partial charge in [0.15, 0.2) is 0 Å². The Bertz CT molecular complexity index is 997. The lowest BCUT2D eigenvalue weighted by Crippen LogP contribution is -2.36. The van der Waals surface area contributed by atoms with Crippen molar-refractivity contribution in [2.24, 2.45) is 11.8 Å². The van der Waals surface area contributed by atoms with E-state index in [2.05, 4.69) is 10.6 Å². The lowest BCUT2D eigenvalue weighted by Gasteiger charge is -2.27. The lowest BCUT2D eigenvalue weighted by molar-refractivity contribution is -0.147. The molecule has 1 aromatic carbocycles. The summed E-state index contributed by atoms with van der Waals surface area (Å²) in [5.74, 6) is -2.64. The van der Waals surface area contributed by atoms with Gasteiger partial charge in [-0.05, 0) is 56.2 Å². The summed E-state index contributed by atoms with van der Waals surface area (Å²) >= 11 is 1.45. The van der Waals surface area contributed by atoms with Crippen molar-refractivity contribution >= 4 is 39.8 Å². The van der Waals surface area contributed by atoms with Gasteiger partial charge in [0.25, 0.3) is 5.91 Å². The second-order valence-corrected chi connectivity index (χ2v) is 9.26. The molecule has 3 N–H and O–H groups in total. The summed E-state index contributed by atoms with van der Waals surface area (Å²) in [6, 6.07) is 7.59. The number of nitrogens with one attached hydrogen (secondary N) is 2. The maximum absolute atomic E-state index is 13.2. The third-order valence-electron chi connectivity index (χ3n) is 6.20. The summed E-state index contributed by atoms with van der Waals surface area (Å²) in [7, 11) is 0. The van der Waals surface area contributed by atoms with Crippen molar-refractivity contribution in [3.63, 3.8) is 0 Å². The smallest absolute Gasteiger partial charge is 0.307 e. The minimum absolute atomic E-state index is 0.225. The van der Waals surface area contributed by atoms with Crippen molar-refractivity contribution in [3.8, 4) is 0 Å². The second kappa shape index (κ2) is 8.60. The molecule has 2 aromatic rings. The van der Waals surface area contributed by atoms with Gasteiger partial charge < -0.3 is 15.7 Å². The molecule has 0 aliphatic heterocycles. The number of hydrogen-bond donors (Lipinski definition) is 3. The first kappa shape index (κ1) is 20.6. The maximum Gasteiger partial charge on any atom is 0.307 e. The van der Waals surface area contributed by atoms with Crippen LogP contribution in [0.25, 0.3) is 0 Å². The van der Waals surface area contributed by atoms with Gasteiger partial charge in [0.2, 0.25) is 5.91 Å². The molecule has 0 bridgehead atoms. The van der Waals surface area contributed by atoms with Crippen LogP contribution in [0.1, 0.15) is 58.5 Å². The molecule has 1 fully saturated rings. The summed E-state index contributed by atoms with van der Waals surface area (Å²) < 4.78 is 0. The van der Waals surface area contributed by atoms with Crippen LogP contribution in [-0.2, 0) is 22.4 Å². The van der Waals surface area contributed by atoms with Gasteiger partial charge >= 0.3 is 5.97 Å². The van der Waals surface area contributed by atoms with E-state index < -0.39 is 17.8 Å². The standard InChI is InChI=1S/C23H26N2O4S/c1-13-7-2-5-11-17(13)24-21(27)19-16-10-6-12-18(16)30-22(19)25-20(26)14-8-3-4-9-15(14)23(28)29/h2,5,7,11,14-15H,3-4,6,8-10,12H2,1H3,(H,24,27)(H,25,26)(H,28,29)/t14-,15-/m0/s1. The van der Waals surface area contributed by atoms with Gasteiger partial charge in [-0.25, -0.2) is 0 Å². The van der Waals surface area contributed by atoms with E-state index in [-0.39, 0.29) is 11.8 Å². The Morgan fingerprint density at radius 1 is 1.00 bits per heavy atom. The van der Waals surface area contributed by atoms with Crippen LogP contribution in [0.4, 0.5) is 10.7 Å². The Hall–Kier alpha value is -2.67. The SMILES string of the molecule is Cc1ccccc1NC(=O)c1c(NC(=O)[C@H]2CCCC[C@@H]2C(=O)O)sc2c1CCC2. The second-order valence-electron chi connectivity index (χ2n) is 8.16. The number of carbonyl (C=O) groups excluding carboxylic acids is 2. The number of para-hydroxylation sites is 1. The van der Waals surface area contributed by atoms with E-state index in [1.165, 1.54) is 11.3 Å². The van der Waals surface area contributed by atoms with Crippen molar-refractivity contribution in [1.82, 2.24) is 0 Å². The molecular weight excluding hydrogens is 400 g/mol. The van der Waals surface area contributed by atoms with E-state index in [4.69, 9.17) is 0 Å². The highest BCUT2D eigenvalue weighted by atomic mass is 32.1. The zero-order chi connectivity index (χ0) is 21.3. The quantitative estimate of drug-likeness (QED) is 0.650. The van der Waals surface area contributed by atoms with Gasteiger partial charge in [0.1, 0.15) is 5.00 Å². The Balaban J connectivity index is 1.60. The Morgan fingerprint density at radius 3 is 2.47 bits per heavy atom. The summed E-state index contributed by atoms with van der Waals surface area (Å²) in [6.07, 6.45) is 5.50. The highest BCUT2D eigenvalue weighted by Gasteiger charge is 2.37. The van der Waals surface area contributed by atoms with Crippen LogP contribution in [0.3, 0.4) is 0 Å². The summed E-state index contributed by atoms with van der Waals surface area (Å²) in [4.78, 5) is 38.9. The minimum atomic E-state index is -0.916. The predicted molar refractivity (Wildman–Crippen MR) is 117 cm³/mol. The number of carbonyl (C=O) groups is 3. The first-order valence-electron chi connectivity index (χ1n) is 10.5. The Morgan fingerprint density at radius 2 is 1.73 bits per heavy atom. The molecule has 2 atom stereocenters. The molecule has 1 aromatic heterocycles. The fourth-order valence-electron chi connectivity index (χ4n) is 4.58. The number of rotatable bonds is 5. The minimum Gasteiger partial charge on any atom is -0.481 e. The van der Waals surface area contributed by atoms with E-state index in [9.17, 15) is 19.5 Å². The van der Waals surface area contributed by atoms with Crippen molar-refractivity contribution in [1.29, 1.82) is 0 Å². The molecule has 1 saturated carbocycles. The van der Waals surface area contributed by atoms with Crippen LogP contribution in [0.15, 0.2) is 24.3 Å². The highest BCUT2D eigenvalue weighted by molar-refractivity contribution is 7.17. The molecule has 0 radical (unpaired) electrons. The normalized spacial score (nSPS) is 20.4. The molecule has 7 heteroatoms. The number of aliphatic carboxylic acids is 1.